The Bertz CT molecular complexity index is 1030. The molecule has 0 bridgehead atoms. The van der Waals surface area contributed by atoms with E-state index in [0.29, 0.717) is 6.54 Å². The predicted molar refractivity (Wildman–Crippen MR) is 124 cm³/mol. The van der Waals surface area contributed by atoms with Crippen LogP contribution in [0.1, 0.15) is 20.3 Å². The number of benzene rings is 1. The van der Waals surface area contributed by atoms with Gasteiger partial charge in [0.2, 0.25) is 5.91 Å². The first-order valence-electron chi connectivity index (χ1n) is 10.8. The molecule has 4 rings (SSSR count). The maximum Gasteiger partial charge on any atom is 0.236 e. The molecule has 0 unspecified atom stereocenters. The van der Waals surface area contributed by atoms with Crippen molar-refractivity contribution in [1.82, 2.24) is 19.8 Å². The fourth-order valence-corrected chi connectivity index (χ4v) is 5.06. The first-order chi connectivity index (χ1) is 15.1. The second-order valence-corrected chi connectivity index (χ2v) is 8.57. The minimum Gasteiger partial charge on any atom is -0.355 e. The third-order valence-corrected chi connectivity index (χ3v) is 6.75. The van der Waals surface area contributed by atoms with Crippen molar-refractivity contribution >= 4 is 33.3 Å². The van der Waals surface area contributed by atoms with Gasteiger partial charge in [0.1, 0.15) is 22.8 Å². The van der Waals surface area contributed by atoms with Crippen molar-refractivity contribution in [2.24, 2.45) is 0 Å². The lowest BCUT2D eigenvalue weighted by atomic mass is 10.1. The van der Waals surface area contributed by atoms with Gasteiger partial charge in [0, 0.05) is 50.2 Å². The van der Waals surface area contributed by atoms with Gasteiger partial charge in [-0.15, -0.1) is 11.3 Å². The molecule has 1 aliphatic heterocycles. The van der Waals surface area contributed by atoms with Crippen LogP contribution in [-0.2, 0) is 4.79 Å². The SMILES string of the molecule is CCN(CC)C(=O)CN1CCCN(c2ncnc3scc(-c4ccc(F)cc4)c23)CC1. The molecule has 0 N–H and O–H groups in total. The van der Waals surface area contributed by atoms with Crippen LogP contribution in [0.25, 0.3) is 21.3 Å². The van der Waals surface area contributed by atoms with Crippen LogP contribution in [0.5, 0.6) is 0 Å². The van der Waals surface area contributed by atoms with Gasteiger partial charge in [0.05, 0.1) is 11.9 Å². The van der Waals surface area contributed by atoms with Gasteiger partial charge in [-0.1, -0.05) is 12.1 Å². The summed E-state index contributed by atoms with van der Waals surface area (Å²) in [5, 5.41) is 3.09. The smallest absolute Gasteiger partial charge is 0.236 e. The number of carbonyl (C=O) groups is 1. The molecule has 3 aromatic rings. The van der Waals surface area contributed by atoms with Crippen LogP contribution >= 0.6 is 11.3 Å². The van der Waals surface area contributed by atoms with E-state index in [-0.39, 0.29) is 11.7 Å². The fourth-order valence-electron chi connectivity index (χ4n) is 4.15. The molecule has 1 amide bonds. The van der Waals surface area contributed by atoms with E-state index in [2.05, 4.69) is 25.1 Å². The summed E-state index contributed by atoms with van der Waals surface area (Å²) in [5.74, 6) is 0.869. The van der Waals surface area contributed by atoms with Gasteiger partial charge < -0.3 is 9.80 Å². The van der Waals surface area contributed by atoms with Crippen molar-refractivity contribution in [1.29, 1.82) is 0 Å². The third kappa shape index (κ3) is 4.70. The van der Waals surface area contributed by atoms with E-state index in [0.717, 1.165) is 72.9 Å². The monoisotopic (exact) mass is 441 g/mol. The molecule has 1 aliphatic rings. The number of likely N-dealkylation sites (N-methyl/N-ethyl adjacent to an activating group) is 1. The highest BCUT2D eigenvalue weighted by Gasteiger charge is 2.23. The van der Waals surface area contributed by atoms with E-state index in [1.54, 1.807) is 29.8 Å². The van der Waals surface area contributed by atoms with Gasteiger partial charge in [0.25, 0.3) is 0 Å². The molecular weight excluding hydrogens is 413 g/mol. The first kappa shape index (κ1) is 21.6. The minimum atomic E-state index is -0.244. The summed E-state index contributed by atoms with van der Waals surface area (Å²) in [6.45, 7) is 9.39. The van der Waals surface area contributed by atoms with Crippen molar-refractivity contribution in [3.8, 4) is 11.1 Å². The maximum absolute atomic E-state index is 13.4. The Balaban J connectivity index is 1.56. The summed E-state index contributed by atoms with van der Waals surface area (Å²) >= 11 is 1.58. The van der Waals surface area contributed by atoms with Crippen LogP contribution in [0.3, 0.4) is 0 Å². The number of amides is 1. The molecule has 0 atom stereocenters. The Labute approximate surface area is 186 Å². The largest absolute Gasteiger partial charge is 0.355 e. The van der Waals surface area contributed by atoms with Crippen LogP contribution < -0.4 is 4.90 Å². The molecule has 0 radical (unpaired) electrons. The summed E-state index contributed by atoms with van der Waals surface area (Å²) in [7, 11) is 0. The lowest BCUT2D eigenvalue weighted by molar-refractivity contribution is -0.132. The van der Waals surface area contributed by atoms with Crippen molar-refractivity contribution in [3.63, 3.8) is 0 Å². The number of thiophene rings is 1. The van der Waals surface area contributed by atoms with Gasteiger partial charge in [-0.3, -0.25) is 9.69 Å². The molecule has 0 spiro atoms. The van der Waals surface area contributed by atoms with Crippen LogP contribution in [0.4, 0.5) is 10.2 Å². The fraction of sp³-hybridized carbons (Fsp3) is 0.435. The molecule has 2 aromatic heterocycles. The number of fused-ring (bicyclic) bond motifs is 1. The van der Waals surface area contributed by atoms with Gasteiger partial charge in [0.15, 0.2) is 0 Å². The standard InChI is InChI=1S/C23H28FN5OS/c1-3-28(4-2)20(30)14-27-10-5-11-29(13-12-27)22-21-19(15-31-23(21)26-16-25-22)17-6-8-18(24)9-7-17/h6-9,15-16H,3-5,10-14H2,1-2H3. The number of hydrogen-bond donors (Lipinski definition) is 0. The molecule has 0 aliphatic carbocycles. The second kappa shape index (κ2) is 9.70. The average Bonchev–Trinajstić information content (AvgIpc) is 3.08. The Morgan fingerprint density at radius 3 is 2.61 bits per heavy atom. The second-order valence-electron chi connectivity index (χ2n) is 7.72. The summed E-state index contributed by atoms with van der Waals surface area (Å²) in [6.07, 6.45) is 2.59. The number of halogens is 1. The molecule has 8 heteroatoms. The van der Waals surface area contributed by atoms with Crippen LogP contribution in [-0.4, -0.2) is 71.5 Å². The quantitative estimate of drug-likeness (QED) is 0.581. The van der Waals surface area contributed by atoms with Crippen molar-refractivity contribution in [3.05, 3.63) is 41.8 Å². The number of nitrogens with zero attached hydrogens (tertiary/aromatic N) is 5. The van der Waals surface area contributed by atoms with Crippen LogP contribution in [0.2, 0.25) is 0 Å². The number of carbonyl (C=O) groups excluding carboxylic acids is 1. The summed E-state index contributed by atoms with van der Waals surface area (Å²) in [5.41, 5.74) is 2.00. The van der Waals surface area contributed by atoms with E-state index < -0.39 is 0 Å². The maximum atomic E-state index is 13.4. The number of hydrogen-bond acceptors (Lipinski definition) is 6. The van der Waals surface area contributed by atoms with Gasteiger partial charge in [-0.2, -0.15) is 0 Å². The van der Waals surface area contributed by atoms with E-state index in [9.17, 15) is 9.18 Å². The van der Waals surface area contributed by atoms with Crippen molar-refractivity contribution in [2.45, 2.75) is 20.3 Å². The molecule has 1 aromatic carbocycles. The molecule has 1 fully saturated rings. The molecule has 3 heterocycles. The molecule has 31 heavy (non-hydrogen) atoms. The molecule has 164 valence electrons. The van der Waals surface area contributed by atoms with Gasteiger partial charge in [-0.25, -0.2) is 14.4 Å². The zero-order valence-corrected chi connectivity index (χ0v) is 18.9. The number of rotatable bonds is 6. The summed E-state index contributed by atoms with van der Waals surface area (Å²) in [6, 6.07) is 6.57. The topological polar surface area (TPSA) is 52.6 Å². The highest BCUT2D eigenvalue weighted by Crippen LogP contribution is 2.38. The third-order valence-electron chi connectivity index (χ3n) is 5.87. The average molecular weight is 442 g/mol. The lowest BCUT2D eigenvalue weighted by Crippen LogP contribution is -2.41. The number of anilines is 1. The van der Waals surface area contributed by atoms with Gasteiger partial charge >= 0.3 is 0 Å². The van der Waals surface area contributed by atoms with Gasteiger partial charge in [-0.05, 0) is 38.0 Å². The Kier molecular flexibility index (Phi) is 6.77. The van der Waals surface area contributed by atoms with Crippen LogP contribution in [0, 0.1) is 5.82 Å². The van der Waals surface area contributed by atoms with E-state index >= 15 is 0 Å². The predicted octanol–water partition coefficient (Wildman–Crippen LogP) is 3.88. The van der Waals surface area contributed by atoms with E-state index in [1.165, 1.54) is 12.1 Å². The zero-order chi connectivity index (χ0) is 21.8. The summed E-state index contributed by atoms with van der Waals surface area (Å²) in [4.78, 5) is 29.0. The highest BCUT2D eigenvalue weighted by molar-refractivity contribution is 7.17. The first-order valence-corrected chi connectivity index (χ1v) is 11.7. The lowest BCUT2D eigenvalue weighted by Gasteiger charge is -2.25. The Hall–Kier alpha value is -2.58. The van der Waals surface area contributed by atoms with Crippen molar-refractivity contribution in [2.75, 3.05) is 50.7 Å². The Morgan fingerprint density at radius 1 is 1.10 bits per heavy atom. The molecule has 0 saturated carbocycles. The van der Waals surface area contributed by atoms with E-state index in [4.69, 9.17) is 0 Å². The highest BCUT2D eigenvalue weighted by atomic mass is 32.1. The summed E-state index contributed by atoms with van der Waals surface area (Å²) < 4.78 is 13.4. The normalized spacial score (nSPS) is 15.3. The minimum absolute atomic E-state index is 0.194. The molecular formula is C23H28FN5OS. The van der Waals surface area contributed by atoms with E-state index in [1.807, 2.05) is 18.7 Å². The number of aromatic nitrogens is 2. The zero-order valence-electron chi connectivity index (χ0n) is 18.1. The Morgan fingerprint density at radius 2 is 1.87 bits per heavy atom. The van der Waals surface area contributed by atoms with Crippen molar-refractivity contribution < 1.29 is 9.18 Å². The molecule has 6 nitrogen and oxygen atoms in total. The molecule has 1 saturated heterocycles. The van der Waals surface area contributed by atoms with Crippen LogP contribution in [0.15, 0.2) is 36.0 Å².